The molecular weight excluding hydrogens is 188 g/mol. The summed E-state index contributed by atoms with van der Waals surface area (Å²) in [6.07, 6.45) is 6.70. The molecule has 0 saturated heterocycles. The van der Waals surface area contributed by atoms with E-state index in [0.29, 0.717) is 12.5 Å². The monoisotopic (exact) mass is 214 g/mol. The molecule has 0 rings (SSSR count). The average molecular weight is 214 g/mol. The van der Waals surface area contributed by atoms with Gasteiger partial charge in [-0.3, -0.25) is 4.79 Å². The second-order valence-corrected chi connectivity index (χ2v) is 4.16. The van der Waals surface area contributed by atoms with Gasteiger partial charge in [-0.15, -0.1) is 0 Å². The van der Waals surface area contributed by atoms with Crippen LogP contribution < -0.4 is 10.6 Å². The fraction of sp³-hybridized carbons (Fsp3) is 0.917. The molecule has 0 spiro atoms. The van der Waals surface area contributed by atoms with Crippen LogP contribution in [-0.4, -0.2) is 25.5 Å². The van der Waals surface area contributed by atoms with Gasteiger partial charge in [0.2, 0.25) is 5.91 Å². The third kappa shape index (κ3) is 9.73. The Balaban J connectivity index is 3.26. The molecule has 0 aromatic heterocycles. The lowest BCUT2D eigenvalue weighted by Crippen LogP contribution is -2.37. The molecular formula is C12H26N2O. The molecule has 3 heteroatoms. The first-order valence-corrected chi connectivity index (χ1v) is 6.14. The summed E-state index contributed by atoms with van der Waals surface area (Å²) < 4.78 is 0. The highest BCUT2D eigenvalue weighted by Crippen LogP contribution is 2.04. The Bertz CT molecular complexity index is 160. The van der Waals surface area contributed by atoms with Crippen molar-refractivity contribution in [2.24, 2.45) is 0 Å². The van der Waals surface area contributed by atoms with Gasteiger partial charge in [0.05, 0.1) is 0 Å². The van der Waals surface area contributed by atoms with Gasteiger partial charge in [-0.1, -0.05) is 32.6 Å². The van der Waals surface area contributed by atoms with Crippen molar-refractivity contribution in [1.29, 1.82) is 0 Å². The molecule has 15 heavy (non-hydrogen) atoms. The van der Waals surface area contributed by atoms with Gasteiger partial charge in [0.15, 0.2) is 0 Å². The number of hydrogen-bond donors (Lipinski definition) is 2. The summed E-state index contributed by atoms with van der Waals surface area (Å²) in [6.45, 7) is 4.98. The Morgan fingerprint density at radius 1 is 1.20 bits per heavy atom. The van der Waals surface area contributed by atoms with Gasteiger partial charge < -0.3 is 10.6 Å². The third-order valence-electron chi connectivity index (χ3n) is 2.61. The maximum absolute atomic E-state index is 11.4. The van der Waals surface area contributed by atoms with Crippen molar-refractivity contribution in [1.82, 2.24) is 10.6 Å². The lowest BCUT2D eigenvalue weighted by molar-refractivity contribution is -0.121. The molecule has 0 aliphatic rings. The number of carbonyl (C=O) groups excluding carboxylic acids is 1. The van der Waals surface area contributed by atoms with Crippen LogP contribution >= 0.6 is 0 Å². The van der Waals surface area contributed by atoms with Crippen LogP contribution in [0.25, 0.3) is 0 Å². The molecule has 0 aromatic rings. The number of hydrogen-bond acceptors (Lipinski definition) is 2. The van der Waals surface area contributed by atoms with E-state index in [2.05, 4.69) is 24.5 Å². The van der Waals surface area contributed by atoms with Crippen molar-refractivity contribution in [3.05, 3.63) is 0 Å². The summed E-state index contributed by atoms with van der Waals surface area (Å²) in [5.74, 6) is 0.189. The van der Waals surface area contributed by atoms with Crippen LogP contribution in [0.2, 0.25) is 0 Å². The Hall–Kier alpha value is -0.570. The molecule has 0 bridgehead atoms. The zero-order chi connectivity index (χ0) is 11.5. The van der Waals surface area contributed by atoms with E-state index in [-0.39, 0.29) is 5.91 Å². The van der Waals surface area contributed by atoms with Gasteiger partial charge >= 0.3 is 0 Å². The van der Waals surface area contributed by atoms with Crippen molar-refractivity contribution < 1.29 is 4.79 Å². The number of carbonyl (C=O) groups is 1. The van der Waals surface area contributed by atoms with Crippen LogP contribution in [0.3, 0.4) is 0 Å². The topological polar surface area (TPSA) is 41.1 Å². The zero-order valence-corrected chi connectivity index (χ0v) is 10.4. The van der Waals surface area contributed by atoms with Crippen LogP contribution in [0.4, 0.5) is 0 Å². The van der Waals surface area contributed by atoms with E-state index in [1.807, 2.05) is 7.05 Å². The SMILES string of the molecule is CCCCCCCC(=O)NCC(C)NC. The number of unbranched alkanes of at least 4 members (excludes halogenated alkanes) is 4. The van der Waals surface area contributed by atoms with E-state index in [1.54, 1.807) is 0 Å². The minimum atomic E-state index is 0.189. The van der Waals surface area contributed by atoms with E-state index >= 15 is 0 Å². The lowest BCUT2D eigenvalue weighted by atomic mass is 10.1. The van der Waals surface area contributed by atoms with Gasteiger partial charge in [0.1, 0.15) is 0 Å². The van der Waals surface area contributed by atoms with Crippen LogP contribution in [0.5, 0.6) is 0 Å². The zero-order valence-electron chi connectivity index (χ0n) is 10.4. The predicted octanol–water partition coefficient (Wildman–Crippen LogP) is 2.07. The largest absolute Gasteiger partial charge is 0.355 e. The van der Waals surface area contributed by atoms with E-state index in [9.17, 15) is 4.79 Å². The van der Waals surface area contributed by atoms with Crippen molar-refractivity contribution in [3.63, 3.8) is 0 Å². The Kier molecular flexibility index (Phi) is 9.59. The summed E-state index contributed by atoms with van der Waals surface area (Å²) in [6, 6.07) is 0.356. The quantitative estimate of drug-likeness (QED) is 0.577. The number of likely N-dealkylation sites (N-methyl/N-ethyl adjacent to an activating group) is 1. The summed E-state index contributed by atoms with van der Waals surface area (Å²) in [5.41, 5.74) is 0. The minimum Gasteiger partial charge on any atom is -0.355 e. The van der Waals surface area contributed by atoms with E-state index in [0.717, 1.165) is 13.0 Å². The van der Waals surface area contributed by atoms with Gasteiger partial charge in [0.25, 0.3) is 0 Å². The second-order valence-electron chi connectivity index (χ2n) is 4.16. The fourth-order valence-corrected chi connectivity index (χ4v) is 1.35. The predicted molar refractivity (Wildman–Crippen MR) is 64.9 cm³/mol. The van der Waals surface area contributed by atoms with Gasteiger partial charge in [-0.25, -0.2) is 0 Å². The molecule has 1 amide bonds. The molecule has 0 aliphatic heterocycles. The fourth-order valence-electron chi connectivity index (χ4n) is 1.35. The standard InChI is InChI=1S/C12H26N2O/c1-4-5-6-7-8-9-12(15)14-10-11(2)13-3/h11,13H,4-10H2,1-3H3,(H,14,15). The van der Waals surface area contributed by atoms with E-state index < -0.39 is 0 Å². The van der Waals surface area contributed by atoms with Crippen molar-refractivity contribution in [2.75, 3.05) is 13.6 Å². The van der Waals surface area contributed by atoms with Crippen molar-refractivity contribution in [3.8, 4) is 0 Å². The van der Waals surface area contributed by atoms with E-state index in [4.69, 9.17) is 0 Å². The molecule has 1 unspecified atom stereocenters. The van der Waals surface area contributed by atoms with Crippen LogP contribution in [0, 0.1) is 0 Å². The van der Waals surface area contributed by atoms with Crippen molar-refractivity contribution in [2.45, 2.75) is 58.4 Å². The Morgan fingerprint density at radius 2 is 1.87 bits per heavy atom. The maximum Gasteiger partial charge on any atom is 0.220 e. The molecule has 1 atom stereocenters. The lowest BCUT2D eigenvalue weighted by Gasteiger charge is -2.11. The highest BCUT2D eigenvalue weighted by molar-refractivity contribution is 5.75. The molecule has 0 saturated carbocycles. The number of nitrogens with one attached hydrogen (secondary N) is 2. The first kappa shape index (κ1) is 14.4. The summed E-state index contributed by atoms with van der Waals surface area (Å²) in [5, 5.41) is 6.01. The highest BCUT2D eigenvalue weighted by Gasteiger charge is 2.02. The smallest absolute Gasteiger partial charge is 0.220 e. The number of rotatable bonds is 9. The summed E-state index contributed by atoms with van der Waals surface area (Å²) >= 11 is 0. The molecule has 0 heterocycles. The van der Waals surface area contributed by atoms with Crippen LogP contribution in [0.1, 0.15) is 52.4 Å². The highest BCUT2D eigenvalue weighted by atomic mass is 16.1. The molecule has 0 aliphatic carbocycles. The third-order valence-corrected chi connectivity index (χ3v) is 2.61. The van der Waals surface area contributed by atoms with Gasteiger partial charge in [-0.05, 0) is 20.4 Å². The molecule has 0 fully saturated rings. The van der Waals surface area contributed by atoms with Crippen LogP contribution in [-0.2, 0) is 4.79 Å². The van der Waals surface area contributed by atoms with Gasteiger partial charge in [-0.2, -0.15) is 0 Å². The molecule has 2 N–H and O–H groups in total. The molecule has 0 aromatic carbocycles. The maximum atomic E-state index is 11.4. The summed E-state index contributed by atoms with van der Waals surface area (Å²) in [7, 11) is 1.90. The Morgan fingerprint density at radius 3 is 2.47 bits per heavy atom. The number of amides is 1. The van der Waals surface area contributed by atoms with Crippen LogP contribution in [0.15, 0.2) is 0 Å². The van der Waals surface area contributed by atoms with E-state index in [1.165, 1.54) is 25.7 Å². The molecule has 90 valence electrons. The normalized spacial score (nSPS) is 12.5. The second kappa shape index (κ2) is 9.97. The average Bonchev–Trinajstić information content (AvgIpc) is 2.25. The van der Waals surface area contributed by atoms with Gasteiger partial charge in [0, 0.05) is 19.0 Å². The first-order chi connectivity index (χ1) is 7.20. The van der Waals surface area contributed by atoms with Crippen molar-refractivity contribution >= 4 is 5.91 Å². The molecule has 0 radical (unpaired) electrons. The molecule has 3 nitrogen and oxygen atoms in total. The minimum absolute atomic E-state index is 0.189. The Labute approximate surface area is 94.0 Å². The summed E-state index contributed by atoms with van der Waals surface area (Å²) in [4.78, 5) is 11.4. The first-order valence-electron chi connectivity index (χ1n) is 6.14.